The smallest absolute Gasteiger partial charge is 0.297 e. The Bertz CT molecular complexity index is 1430. The van der Waals surface area contributed by atoms with Crippen molar-refractivity contribution in [3.8, 4) is 17.2 Å². The van der Waals surface area contributed by atoms with E-state index >= 15 is 0 Å². The Morgan fingerprint density at radius 1 is 0.723 bits per heavy atom. The molecular weight excluding hydrogens is 582 g/mol. The second-order valence-corrected chi connectivity index (χ2v) is 13.1. The van der Waals surface area contributed by atoms with Crippen LogP contribution in [0.4, 0.5) is 0 Å². The molecule has 1 aromatic heterocycles. The van der Waals surface area contributed by atoms with E-state index in [1.54, 1.807) is 0 Å². The molecule has 0 fully saturated rings. The molecule has 0 amide bonds. The molecule has 258 valence electrons. The van der Waals surface area contributed by atoms with Gasteiger partial charge in [0.15, 0.2) is 5.75 Å². The average molecular weight is 644 g/mol. The first-order valence-corrected chi connectivity index (χ1v) is 18.4. The van der Waals surface area contributed by atoms with E-state index in [0.717, 1.165) is 60.7 Å². The lowest BCUT2D eigenvalue weighted by molar-refractivity contribution is 0.271. The van der Waals surface area contributed by atoms with Gasteiger partial charge in [-0.1, -0.05) is 126 Å². The van der Waals surface area contributed by atoms with Crippen LogP contribution in [0.5, 0.6) is 17.2 Å². The SMILES string of the molecule is CCCCCCCCOc1c(OC/C=C(\C)CCC=C(C)C)c2ccc(OCc3ccccc3)cc2n(CCCCCCCC)c1=O. The van der Waals surface area contributed by atoms with Gasteiger partial charge in [0.05, 0.1) is 12.1 Å². The fourth-order valence-electron chi connectivity index (χ4n) is 5.77. The van der Waals surface area contributed by atoms with Crippen molar-refractivity contribution >= 4 is 10.9 Å². The maximum absolute atomic E-state index is 14.3. The quantitative estimate of drug-likeness (QED) is 0.0720. The van der Waals surface area contributed by atoms with Gasteiger partial charge in [0.2, 0.25) is 5.75 Å². The number of benzene rings is 2. The molecule has 0 bridgehead atoms. The fourth-order valence-corrected chi connectivity index (χ4v) is 5.77. The van der Waals surface area contributed by atoms with E-state index in [2.05, 4.69) is 58.9 Å². The minimum Gasteiger partial charge on any atom is -0.489 e. The molecule has 2 aromatic carbocycles. The summed E-state index contributed by atoms with van der Waals surface area (Å²) in [7, 11) is 0. The highest BCUT2D eigenvalue weighted by atomic mass is 16.5. The van der Waals surface area contributed by atoms with Crippen molar-refractivity contribution in [2.24, 2.45) is 0 Å². The first kappa shape index (κ1) is 38.0. The molecule has 0 aliphatic carbocycles. The van der Waals surface area contributed by atoms with Gasteiger partial charge >= 0.3 is 0 Å². The molecular formula is C42H61NO4. The van der Waals surface area contributed by atoms with Crippen LogP contribution in [0.25, 0.3) is 10.9 Å². The summed E-state index contributed by atoms with van der Waals surface area (Å²) in [6.07, 6.45) is 20.3. The van der Waals surface area contributed by atoms with Gasteiger partial charge in [0.1, 0.15) is 19.0 Å². The van der Waals surface area contributed by atoms with Crippen LogP contribution in [0, 0.1) is 0 Å². The molecule has 0 aliphatic heterocycles. The number of unbranched alkanes of at least 4 members (excludes halogenated alkanes) is 10. The van der Waals surface area contributed by atoms with E-state index in [1.807, 2.05) is 41.0 Å². The Labute approximate surface area is 285 Å². The van der Waals surface area contributed by atoms with Crippen molar-refractivity contribution in [3.63, 3.8) is 0 Å². The third-order valence-electron chi connectivity index (χ3n) is 8.63. The first-order chi connectivity index (χ1) is 22.9. The van der Waals surface area contributed by atoms with Crippen LogP contribution in [0.3, 0.4) is 0 Å². The molecule has 0 atom stereocenters. The Morgan fingerprint density at radius 2 is 1.40 bits per heavy atom. The second kappa shape index (κ2) is 22.2. The summed E-state index contributed by atoms with van der Waals surface area (Å²) in [5, 5.41) is 0.885. The molecule has 3 aromatic rings. The molecule has 5 heteroatoms. The standard InChI is InChI=1S/C42H61NO4/c1-6-8-10-12-14-19-29-43-39-32-37(47-33-36-24-17-16-18-25-36)26-27-38(39)40(46-31-28-35(5)23-21-22-34(3)4)41(42(43)44)45-30-20-15-13-11-9-7-2/h16-18,22,24-28,32H,6-15,19-21,23,29-31,33H2,1-5H3/b35-28+. The third-order valence-corrected chi connectivity index (χ3v) is 8.63. The summed E-state index contributed by atoms with van der Waals surface area (Å²) in [6, 6.07) is 16.2. The summed E-state index contributed by atoms with van der Waals surface area (Å²) < 4.78 is 20.9. The Hall–Kier alpha value is -3.47. The lowest BCUT2D eigenvalue weighted by atomic mass is 10.1. The zero-order valence-corrected chi connectivity index (χ0v) is 30.1. The maximum Gasteiger partial charge on any atom is 0.297 e. The van der Waals surface area contributed by atoms with Gasteiger partial charge in [-0.25, -0.2) is 0 Å². The molecule has 3 rings (SSSR count). The molecule has 0 spiro atoms. The van der Waals surface area contributed by atoms with Crippen molar-refractivity contribution < 1.29 is 14.2 Å². The first-order valence-electron chi connectivity index (χ1n) is 18.4. The van der Waals surface area contributed by atoms with Crippen LogP contribution in [-0.2, 0) is 13.2 Å². The number of hydrogen-bond acceptors (Lipinski definition) is 4. The van der Waals surface area contributed by atoms with E-state index in [1.165, 1.54) is 62.5 Å². The number of allylic oxidation sites excluding steroid dienone is 3. The molecule has 0 aliphatic rings. The van der Waals surface area contributed by atoms with Gasteiger partial charge in [0, 0.05) is 18.0 Å². The molecule has 0 unspecified atom stereocenters. The van der Waals surface area contributed by atoms with Gasteiger partial charge in [-0.3, -0.25) is 4.79 Å². The van der Waals surface area contributed by atoms with Crippen molar-refractivity contribution in [2.75, 3.05) is 13.2 Å². The zero-order valence-electron chi connectivity index (χ0n) is 30.1. The number of nitrogens with zero attached hydrogens (tertiary/aromatic N) is 1. The summed E-state index contributed by atoms with van der Waals surface area (Å²) in [5.74, 6) is 1.61. The number of aromatic nitrogens is 1. The van der Waals surface area contributed by atoms with Gasteiger partial charge < -0.3 is 18.8 Å². The molecule has 0 N–H and O–H groups in total. The molecule has 0 saturated carbocycles. The minimum absolute atomic E-state index is 0.114. The zero-order chi connectivity index (χ0) is 33.7. The largest absolute Gasteiger partial charge is 0.489 e. The van der Waals surface area contributed by atoms with Gasteiger partial charge in [-0.15, -0.1) is 0 Å². The van der Waals surface area contributed by atoms with Crippen LogP contribution in [0.1, 0.15) is 130 Å². The lowest BCUT2D eigenvalue weighted by Gasteiger charge is -2.19. The Balaban J connectivity index is 1.94. The van der Waals surface area contributed by atoms with Crippen molar-refractivity contribution in [1.82, 2.24) is 4.57 Å². The van der Waals surface area contributed by atoms with Gasteiger partial charge in [-0.05, 0) is 70.2 Å². The number of fused-ring (bicyclic) bond motifs is 1. The second-order valence-electron chi connectivity index (χ2n) is 13.1. The highest BCUT2D eigenvalue weighted by Crippen LogP contribution is 2.35. The van der Waals surface area contributed by atoms with Crippen molar-refractivity contribution in [3.05, 3.63) is 87.7 Å². The molecule has 0 saturated heterocycles. The van der Waals surface area contributed by atoms with Crippen LogP contribution in [-0.4, -0.2) is 17.8 Å². The number of aryl methyl sites for hydroxylation is 1. The van der Waals surface area contributed by atoms with E-state index in [-0.39, 0.29) is 5.56 Å². The molecule has 47 heavy (non-hydrogen) atoms. The van der Waals surface area contributed by atoms with Gasteiger partial charge in [0.25, 0.3) is 5.56 Å². The van der Waals surface area contributed by atoms with Crippen molar-refractivity contribution in [1.29, 1.82) is 0 Å². The van der Waals surface area contributed by atoms with Gasteiger partial charge in [-0.2, -0.15) is 0 Å². The molecule has 0 radical (unpaired) electrons. The minimum atomic E-state index is -0.114. The normalized spacial score (nSPS) is 11.6. The van der Waals surface area contributed by atoms with Crippen LogP contribution in [0.2, 0.25) is 0 Å². The van der Waals surface area contributed by atoms with E-state index in [4.69, 9.17) is 14.2 Å². The van der Waals surface area contributed by atoms with E-state index in [9.17, 15) is 4.79 Å². The topological polar surface area (TPSA) is 49.7 Å². The number of rotatable bonds is 24. The van der Waals surface area contributed by atoms with E-state index < -0.39 is 0 Å². The molecule has 5 nitrogen and oxygen atoms in total. The van der Waals surface area contributed by atoms with Crippen LogP contribution >= 0.6 is 0 Å². The number of pyridine rings is 1. The Morgan fingerprint density at radius 3 is 2.11 bits per heavy atom. The number of ether oxygens (including phenoxy) is 3. The monoisotopic (exact) mass is 643 g/mol. The lowest BCUT2D eigenvalue weighted by Crippen LogP contribution is -2.24. The predicted molar refractivity (Wildman–Crippen MR) is 199 cm³/mol. The summed E-state index contributed by atoms with van der Waals surface area (Å²) in [4.78, 5) is 14.3. The number of hydrogen-bond donors (Lipinski definition) is 0. The highest BCUT2D eigenvalue weighted by Gasteiger charge is 2.20. The summed E-state index contributed by atoms with van der Waals surface area (Å²) >= 11 is 0. The van der Waals surface area contributed by atoms with E-state index in [0.29, 0.717) is 37.9 Å². The van der Waals surface area contributed by atoms with Crippen LogP contribution in [0.15, 0.2) is 76.6 Å². The highest BCUT2D eigenvalue weighted by molar-refractivity contribution is 5.89. The predicted octanol–water partition coefficient (Wildman–Crippen LogP) is 11.8. The Kier molecular flexibility index (Phi) is 17.9. The van der Waals surface area contributed by atoms with Crippen molar-refractivity contribution in [2.45, 2.75) is 138 Å². The summed E-state index contributed by atoms with van der Waals surface area (Å²) in [5.41, 5.74) is 4.43. The molecule has 1 heterocycles. The average Bonchev–Trinajstić information content (AvgIpc) is 3.07. The fraction of sp³-hybridized carbons (Fsp3) is 0.548. The summed E-state index contributed by atoms with van der Waals surface area (Å²) in [6.45, 7) is 12.9. The maximum atomic E-state index is 14.3. The van der Waals surface area contributed by atoms with Crippen LogP contribution < -0.4 is 19.8 Å². The third kappa shape index (κ3) is 13.7.